The minimum absolute atomic E-state index is 0.304. The van der Waals surface area contributed by atoms with Gasteiger partial charge in [0.15, 0.2) is 11.6 Å². The van der Waals surface area contributed by atoms with Gasteiger partial charge in [-0.3, -0.25) is 0 Å². The fourth-order valence-corrected chi connectivity index (χ4v) is 1.43. The van der Waals surface area contributed by atoms with E-state index < -0.39 is 0 Å². The molecule has 0 saturated carbocycles. The van der Waals surface area contributed by atoms with E-state index in [1.54, 1.807) is 18.2 Å². The van der Waals surface area contributed by atoms with Crippen molar-refractivity contribution in [1.29, 1.82) is 0 Å². The minimum atomic E-state index is -0.304. The summed E-state index contributed by atoms with van der Waals surface area (Å²) in [5.74, 6) is 1.18. The van der Waals surface area contributed by atoms with E-state index in [1.165, 1.54) is 6.07 Å². The molecule has 1 nitrogen and oxygen atoms in total. The number of para-hydroxylation sites is 1. The van der Waals surface area contributed by atoms with E-state index in [2.05, 4.69) is 19.6 Å². The Morgan fingerprint density at radius 1 is 1.43 bits per heavy atom. The van der Waals surface area contributed by atoms with Gasteiger partial charge in [0.05, 0.1) is 6.61 Å². The van der Waals surface area contributed by atoms with Crippen molar-refractivity contribution >= 4 is 12.6 Å². The van der Waals surface area contributed by atoms with E-state index in [9.17, 15) is 4.39 Å². The van der Waals surface area contributed by atoms with Crippen LogP contribution in [-0.2, 0) is 0 Å². The molecule has 0 aliphatic heterocycles. The quantitative estimate of drug-likeness (QED) is 0.741. The zero-order chi connectivity index (χ0) is 10.4. The summed E-state index contributed by atoms with van der Waals surface area (Å²) in [5, 5.41) is 0. The average Bonchev–Trinajstić information content (AvgIpc) is 2.22. The van der Waals surface area contributed by atoms with Crippen LogP contribution in [0.5, 0.6) is 5.75 Å². The zero-order valence-corrected chi connectivity index (χ0v) is 9.14. The molecule has 0 aliphatic carbocycles. The van der Waals surface area contributed by atoms with E-state index in [4.69, 9.17) is 4.74 Å². The lowest BCUT2D eigenvalue weighted by molar-refractivity contribution is 0.249. The maximum Gasteiger partial charge on any atom is 0.165 e. The molecular formula is C11H15FOS. The Hall–Kier alpha value is -0.700. The van der Waals surface area contributed by atoms with Gasteiger partial charge < -0.3 is 4.74 Å². The number of thiol groups is 1. The molecule has 0 fully saturated rings. The summed E-state index contributed by atoms with van der Waals surface area (Å²) in [6, 6.07) is 6.45. The summed E-state index contributed by atoms with van der Waals surface area (Å²) in [5.41, 5.74) is 0. The smallest absolute Gasteiger partial charge is 0.165 e. The van der Waals surface area contributed by atoms with Gasteiger partial charge in [-0.15, -0.1) is 0 Å². The molecule has 1 aromatic carbocycles. The van der Waals surface area contributed by atoms with Crippen LogP contribution in [0.1, 0.15) is 13.3 Å². The van der Waals surface area contributed by atoms with E-state index >= 15 is 0 Å². The van der Waals surface area contributed by atoms with E-state index in [-0.39, 0.29) is 5.82 Å². The second kappa shape index (κ2) is 5.91. The number of rotatable bonds is 5. The van der Waals surface area contributed by atoms with Crippen LogP contribution in [0.4, 0.5) is 4.39 Å². The Morgan fingerprint density at radius 3 is 2.71 bits per heavy atom. The Morgan fingerprint density at radius 2 is 2.14 bits per heavy atom. The average molecular weight is 214 g/mol. The lowest BCUT2D eigenvalue weighted by Crippen LogP contribution is -2.13. The van der Waals surface area contributed by atoms with Crippen LogP contribution in [0.3, 0.4) is 0 Å². The molecule has 0 bridgehead atoms. The van der Waals surface area contributed by atoms with Crippen LogP contribution in [-0.4, -0.2) is 12.4 Å². The van der Waals surface area contributed by atoms with Crippen LogP contribution >= 0.6 is 12.6 Å². The van der Waals surface area contributed by atoms with Gasteiger partial charge in [0.25, 0.3) is 0 Å². The van der Waals surface area contributed by atoms with Gasteiger partial charge in [0, 0.05) is 5.92 Å². The zero-order valence-electron chi connectivity index (χ0n) is 8.24. The summed E-state index contributed by atoms with van der Waals surface area (Å²) >= 11 is 4.19. The van der Waals surface area contributed by atoms with Gasteiger partial charge in [-0.25, -0.2) is 4.39 Å². The van der Waals surface area contributed by atoms with Crippen LogP contribution < -0.4 is 4.74 Å². The Labute approximate surface area is 89.7 Å². The molecule has 0 amide bonds. The number of hydrogen-bond acceptors (Lipinski definition) is 2. The molecule has 1 atom stereocenters. The maximum atomic E-state index is 13.1. The van der Waals surface area contributed by atoms with Crippen LogP contribution in [0.15, 0.2) is 24.3 Å². The summed E-state index contributed by atoms with van der Waals surface area (Å²) in [7, 11) is 0. The van der Waals surface area contributed by atoms with Crippen molar-refractivity contribution in [3.05, 3.63) is 30.1 Å². The van der Waals surface area contributed by atoms with Crippen molar-refractivity contribution in [2.45, 2.75) is 13.3 Å². The molecule has 0 aromatic heterocycles. The van der Waals surface area contributed by atoms with Crippen molar-refractivity contribution in [1.82, 2.24) is 0 Å². The number of halogens is 1. The molecule has 3 heteroatoms. The summed E-state index contributed by atoms with van der Waals surface area (Å²) < 4.78 is 18.5. The first kappa shape index (κ1) is 11.4. The molecule has 0 spiro atoms. The first-order valence-electron chi connectivity index (χ1n) is 4.76. The highest BCUT2D eigenvalue weighted by molar-refractivity contribution is 7.80. The van der Waals surface area contributed by atoms with E-state index in [0.29, 0.717) is 18.3 Å². The summed E-state index contributed by atoms with van der Waals surface area (Å²) in [6.45, 7) is 2.60. The largest absolute Gasteiger partial charge is 0.490 e. The molecule has 0 radical (unpaired) electrons. The van der Waals surface area contributed by atoms with Crippen molar-refractivity contribution in [2.75, 3.05) is 12.4 Å². The second-order valence-corrected chi connectivity index (χ2v) is 3.56. The van der Waals surface area contributed by atoms with Crippen molar-refractivity contribution in [2.24, 2.45) is 5.92 Å². The Balaban J connectivity index is 2.49. The lowest BCUT2D eigenvalue weighted by atomic mass is 10.1. The molecular weight excluding hydrogens is 199 g/mol. The molecule has 14 heavy (non-hydrogen) atoms. The minimum Gasteiger partial charge on any atom is -0.490 e. The summed E-state index contributed by atoms with van der Waals surface area (Å²) in [4.78, 5) is 0. The predicted molar refractivity (Wildman–Crippen MR) is 59.5 cm³/mol. The number of ether oxygens (including phenoxy) is 1. The van der Waals surface area contributed by atoms with Crippen LogP contribution in [0.2, 0.25) is 0 Å². The van der Waals surface area contributed by atoms with Gasteiger partial charge in [-0.05, 0) is 24.3 Å². The third kappa shape index (κ3) is 3.22. The monoisotopic (exact) mass is 214 g/mol. The second-order valence-electron chi connectivity index (χ2n) is 3.20. The topological polar surface area (TPSA) is 9.23 Å². The molecule has 0 saturated heterocycles. The SMILES string of the molecule is CCC(CS)COc1ccccc1F. The van der Waals surface area contributed by atoms with Crippen molar-refractivity contribution < 1.29 is 9.13 Å². The predicted octanol–water partition coefficient (Wildman–Crippen LogP) is 3.16. The lowest BCUT2D eigenvalue weighted by Gasteiger charge is -2.13. The molecule has 0 heterocycles. The molecule has 78 valence electrons. The van der Waals surface area contributed by atoms with Gasteiger partial charge in [0.1, 0.15) is 0 Å². The van der Waals surface area contributed by atoms with Crippen LogP contribution in [0, 0.1) is 11.7 Å². The Bertz CT molecular complexity index is 274. The molecule has 1 rings (SSSR count). The molecule has 1 unspecified atom stereocenters. The highest BCUT2D eigenvalue weighted by Gasteiger charge is 2.06. The summed E-state index contributed by atoms with van der Waals surface area (Å²) in [6.07, 6.45) is 0.998. The van der Waals surface area contributed by atoms with Crippen molar-refractivity contribution in [3.8, 4) is 5.75 Å². The van der Waals surface area contributed by atoms with Crippen molar-refractivity contribution in [3.63, 3.8) is 0 Å². The van der Waals surface area contributed by atoms with E-state index in [0.717, 1.165) is 12.2 Å². The number of benzene rings is 1. The molecule has 1 aromatic rings. The highest BCUT2D eigenvalue weighted by atomic mass is 32.1. The van der Waals surface area contributed by atoms with Gasteiger partial charge in [-0.2, -0.15) is 12.6 Å². The third-order valence-electron chi connectivity index (χ3n) is 2.15. The van der Waals surface area contributed by atoms with Gasteiger partial charge >= 0.3 is 0 Å². The fourth-order valence-electron chi connectivity index (χ4n) is 1.07. The van der Waals surface area contributed by atoms with Gasteiger partial charge in [0.2, 0.25) is 0 Å². The van der Waals surface area contributed by atoms with Gasteiger partial charge in [-0.1, -0.05) is 19.1 Å². The Kier molecular flexibility index (Phi) is 4.80. The molecule has 0 aliphatic rings. The first-order valence-corrected chi connectivity index (χ1v) is 5.39. The van der Waals surface area contributed by atoms with Crippen LogP contribution in [0.25, 0.3) is 0 Å². The standard InChI is InChI=1S/C11H15FOS/c1-2-9(8-14)7-13-11-6-4-3-5-10(11)12/h3-6,9,14H,2,7-8H2,1H3. The normalized spacial score (nSPS) is 12.5. The maximum absolute atomic E-state index is 13.1. The molecule has 0 N–H and O–H groups in total. The highest BCUT2D eigenvalue weighted by Crippen LogP contribution is 2.17. The van der Waals surface area contributed by atoms with E-state index in [1.807, 2.05) is 0 Å². The number of hydrogen-bond donors (Lipinski definition) is 1. The fraction of sp³-hybridized carbons (Fsp3) is 0.455. The third-order valence-corrected chi connectivity index (χ3v) is 2.66. The first-order chi connectivity index (χ1) is 6.77.